The summed E-state index contributed by atoms with van der Waals surface area (Å²) < 4.78 is 5.52. The molecule has 1 fully saturated rings. The van der Waals surface area contributed by atoms with Gasteiger partial charge in [-0.1, -0.05) is 17.7 Å². The highest BCUT2D eigenvalue weighted by molar-refractivity contribution is 6.30. The Hall–Kier alpha value is -1.01. The van der Waals surface area contributed by atoms with E-state index in [0.717, 1.165) is 0 Å². The fourth-order valence-electron chi connectivity index (χ4n) is 2.10. The molecule has 0 aliphatic carbocycles. The Bertz CT molecular complexity index is 473. The van der Waals surface area contributed by atoms with E-state index in [2.05, 4.69) is 10.6 Å². The Kier molecular flexibility index (Phi) is 7.25. The minimum Gasteiger partial charge on any atom is -0.481 e. The molecule has 1 heterocycles. The summed E-state index contributed by atoms with van der Waals surface area (Å²) in [6.45, 7) is 3.41. The van der Waals surface area contributed by atoms with Crippen LogP contribution in [-0.4, -0.2) is 42.9 Å². The van der Waals surface area contributed by atoms with E-state index < -0.39 is 12.2 Å². The molecule has 21 heavy (non-hydrogen) atoms. The molecule has 0 radical (unpaired) electrons. The Morgan fingerprint density at radius 2 is 2.33 bits per heavy atom. The van der Waals surface area contributed by atoms with Crippen molar-refractivity contribution >= 4 is 29.9 Å². The van der Waals surface area contributed by atoms with Gasteiger partial charge < -0.3 is 20.5 Å². The molecule has 7 heteroatoms. The zero-order valence-electron chi connectivity index (χ0n) is 11.7. The number of rotatable bonds is 5. The van der Waals surface area contributed by atoms with Crippen LogP contribution in [0.15, 0.2) is 24.3 Å². The maximum atomic E-state index is 11.9. The van der Waals surface area contributed by atoms with Crippen LogP contribution in [0.1, 0.15) is 6.92 Å². The van der Waals surface area contributed by atoms with Crippen LogP contribution in [0.3, 0.4) is 0 Å². The third kappa shape index (κ3) is 5.36. The highest BCUT2D eigenvalue weighted by atomic mass is 35.5. The van der Waals surface area contributed by atoms with Crippen LogP contribution in [-0.2, 0) is 4.79 Å². The van der Waals surface area contributed by atoms with Crippen molar-refractivity contribution < 1.29 is 14.6 Å². The van der Waals surface area contributed by atoms with E-state index >= 15 is 0 Å². The zero-order valence-corrected chi connectivity index (χ0v) is 13.3. The number of carbonyl (C=O) groups excluding carboxylic acids is 1. The Balaban J connectivity index is 0.00000220. The molecule has 1 amide bonds. The number of β-amino-alcohol motifs (C(OH)–C–C–N with tert-alkyl or cyclic N) is 1. The maximum absolute atomic E-state index is 11.9. The molecule has 3 atom stereocenters. The van der Waals surface area contributed by atoms with Crippen LogP contribution in [0, 0.1) is 5.92 Å². The van der Waals surface area contributed by atoms with Crippen molar-refractivity contribution in [3.05, 3.63) is 29.3 Å². The minimum absolute atomic E-state index is 0. The molecular formula is C14H20Cl2N2O3. The number of amides is 1. The molecule has 3 unspecified atom stereocenters. The molecule has 1 aliphatic rings. The number of carbonyl (C=O) groups is 1. The highest BCUT2D eigenvalue weighted by Crippen LogP contribution is 2.18. The van der Waals surface area contributed by atoms with Gasteiger partial charge in [-0.25, -0.2) is 0 Å². The van der Waals surface area contributed by atoms with Gasteiger partial charge in [0, 0.05) is 30.6 Å². The predicted octanol–water partition coefficient (Wildman–Crippen LogP) is 1.23. The molecule has 0 aromatic heterocycles. The molecule has 118 valence electrons. The molecule has 0 spiro atoms. The Morgan fingerprint density at radius 3 is 2.95 bits per heavy atom. The number of ether oxygens (including phenoxy) is 1. The van der Waals surface area contributed by atoms with Crippen molar-refractivity contribution in [1.82, 2.24) is 10.6 Å². The van der Waals surface area contributed by atoms with Crippen LogP contribution < -0.4 is 15.4 Å². The van der Waals surface area contributed by atoms with Gasteiger partial charge in [0.15, 0.2) is 6.10 Å². The molecular weight excluding hydrogens is 315 g/mol. The van der Waals surface area contributed by atoms with E-state index in [4.69, 9.17) is 16.3 Å². The first-order chi connectivity index (χ1) is 9.56. The summed E-state index contributed by atoms with van der Waals surface area (Å²) in [6, 6.07) is 6.92. The molecule has 0 saturated carbocycles. The van der Waals surface area contributed by atoms with Gasteiger partial charge in [0.2, 0.25) is 0 Å². The fraction of sp³-hybridized carbons (Fsp3) is 0.500. The summed E-state index contributed by atoms with van der Waals surface area (Å²) in [5.41, 5.74) is 0. The van der Waals surface area contributed by atoms with Crippen molar-refractivity contribution in [3.8, 4) is 5.75 Å². The average molecular weight is 335 g/mol. The van der Waals surface area contributed by atoms with Crippen LogP contribution in [0.5, 0.6) is 5.75 Å². The van der Waals surface area contributed by atoms with Crippen molar-refractivity contribution in [2.45, 2.75) is 19.1 Å². The largest absolute Gasteiger partial charge is 0.481 e. The van der Waals surface area contributed by atoms with Gasteiger partial charge in [-0.15, -0.1) is 12.4 Å². The van der Waals surface area contributed by atoms with Crippen molar-refractivity contribution in [2.75, 3.05) is 19.6 Å². The lowest BCUT2D eigenvalue weighted by Crippen LogP contribution is -2.41. The van der Waals surface area contributed by atoms with Crippen molar-refractivity contribution in [3.63, 3.8) is 0 Å². The number of nitrogens with one attached hydrogen (secondary N) is 2. The fourth-order valence-corrected chi connectivity index (χ4v) is 2.28. The lowest BCUT2D eigenvalue weighted by Gasteiger charge is -2.18. The quantitative estimate of drug-likeness (QED) is 0.757. The number of benzene rings is 1. The predicted molar refractivity (Wildman–Crippen MR) is 84.2 cm³/mol. The summed E-state index contributed by atoms with van der Waals surface area (Å²) in [5, 5.41) is 16.1. The van der Waals surface area contributed by atoms with E-state index in [1.165, 1.54) is 0 Å². The SMILES string of the molecule is CC(Oc1cccc(Cl)c1)C(=O)NCC1CNCC1O.Cl. The third-order valence-corrected chi connectivity index (χ3v) is 3.56. The second kappa shape index (κ2) is 8.44. The standard InChI is InChI=1S/C14H19ClN2O3.ClH/c1-9(20-12-4-2-3-11(15)5-12)14(19)17-7-10-6-16-8-13(10)18;/h2-5,9-10,13,16,18H,6-8H2,1H3,(H,17,19);1H. The first-order valence-electron chi connectivity index (χ1n) is 6.65. The van der Waals surface area contributed by atoms with Crippen molar-refractivity contribution in [1.29, 1.82) is 0 Å². The van der Waals surface area contributed by atoms with Gasteiger partial charge in [-0.05, 0) is 25.1 Å². The Labute approximate surface area is 135 Å². The van der Waals surface area contributed by atoms with Crippen LogP contribution in [0.2, 0.25) is 5.02 Å². The molecule has 1 aromatic carbocycles. The van der Waals surface area contributed by atoms with E-state index in [1.54, 1.807) is 31.2 Å². The van der Waals surface area contributed by atoms with E-state index in [1.807, 2.05) is 0 Å². The van der Waals surface area contributed by atoms with Gasteiger partial charge in [0.05, 0.1) is 6.10 Å². The molecule has 5 nitrogen and oxygen atoms in total. The van der Waals surface area contributed by atoms with E-state index in [-0.39, 0.29) is 24.2 Å². The monoisotopic (exact) mass is 334 g/mol. The summed E-state index contributed by atoms with van der Waals surface area (Å²) in [7, 11) is 0. The topological polar surface area (TPSA) is 70.6 Å². The maximum Gasteiger partial charge on any atom is 0.260 e. The number of aliphatic hydroxyl groups excluding tert-OH is 1. The lowest BCUT2D eigenvalue weighted by molar-refractivity contribution is -0.127. The smallest absolute Gasteiger partial charge is 0.260 e. The van der Waals surface area contributed by atoms with Gasteiger partial charge in [0.1, 0.15) is 5.75 Å². The van der Waals surface area contributed by atoms with Crippen LogP contribution in [0.4, 0.5) is 0 Å². The first kappa shape index (κ1) is 18.0. The number of halogens is 2. The van der Waals surface area contributed by atoms with Crippen LogP contribution >= 0.6 is 24.0 Å². The van der Waals surface area contributed by atoms with Crippen LogP contribution in [0.25, 0.3) is 0 Å². The van der Waals surface area contributed by atoms with Crippen molar-refractivity contribution in [2.24, 2.45) is 5.92 Å². The van der Waals surface area contributed by atoms with Gasteiger partial charge in [0.25, 0.3) is 5.91 Å². The molecule has 2 rings (SSSR count). The highest BCUT2D eigenvalue weighted by Gasteiger charge is 2.26. The molecule has 1 saturated heterocycles. The van der Waals surface area contributed by atoms with E-state index in [9.17, 15) is 9.90 Å². The lowest BCUT2D eigenvalue weighted by atomic mass is 10.1. The van der Waals surface area contributed by atoms with E-state index in [0.29, 0.717) is 30.4 Å². The summed E-state index contributed by atoms with van der Waals surface area (Å²) in [4.78, 5) is 11.9. The first-order valence-corrected chi connectivity index (χ1v) is 7.03. The third-order valence-electron chi connectivity index (χ3n) is 3.32. The molecule has 3 N–H and O–H groups in total. The number of hydrogen-bond donors (Lipinski definition) is 3. The normalized spacial score (nSPS) is 22.2. The second-order valence-electron chi connectivity index (χ2n) is 4.95. The van der Waals surface area contributed by atoms with Gasteiger partial charge in [-0.3, -0.25) is 4.79 Å². The zero-order chi connectivity index (χ0) is 14.5. The second-order valence-corrected chi connectivity index (χ2v) is 5.38. The molecule has 1 aromatic rings. The van der Waals surface area contributed by atoms with Gasteiger partial charge >= 0.3 is 0 Å². The minimum atomic E-state index is -0.611. The summed E-state index contributed by atoms with van der Waals surface area (Å²) >= 11 is 5.86. The number of aliphatic hydroxyl groups is 1. The number of hydrogen-bond acceptors (Lipinski definition) is 4. The van der Waals surface area contributed by atoms with Gasteiger partial charge in [-0.2, -0.15) is 0 Å². The molecule has 1 aliphatic heterocycles. The summed E-state index contributed by atoms with van der Waals surface area (Å²) in [5.74, 6) is 0.407. The average Bonchev–Trinajstić information content (AvgIpc) is 2.81. The Morgan fingerprint density at radius 1 is 1.57 bits per heavy atom. The summed E-state index contributed by atoms with van der Waals surface area (Å²) in [6.07, 6.45) is -1.01. The molecule has 0 bridgehead atoms.